The molecule has 3 heterocycles. The summed E-state index contributed by atoms with van der Waals surface area (Å²) in [5.41, 5.74) is 11.8. The molecule has 0 bridgehead atoms. The van der Waals surface area contributed by atoms with Crippen LogP contribution in [-0.4, -0.2) is 31.3 Å². The maximum atomic E-state index is 4.85. The molecular formula is C32H53N7. The summed E-state index contributed by atoms with van der Waals surface area (Å²) >= 11 is 0. The van der Waals surface area contributed by atoms with Crippen molar-refractivity contribution in [2.45, 2.75) is 108 Å². The van der Waals surface area contributed by atoms with Crippen LogP contribution < -0.4 is 11.1 Å². The van der Waals surface area contributed by atoms with Crippen LogP contribution in [-0.2, 0) is 0 Å². The quantitative estimate of drug-likeness (QED) is 0.326. The van der Waals surface area contributed by atoms with Crippen molar-refractivity contribution in [3.8, 4) is 11.3 Å². The van der Waals surface area contributed by atoms with Gasteiger partial charge in [0.25, 0.3) is 0 Å². The number of nitrogens with one attached hydrogen (secondary N) is 1. The van der Waals surface area contributed by atoms with E-state index in [1.165, 1.54) is 31.9 Å². The van der Waals surface area contributed by atoms with Crippen LogP contribution in [0.15, 0.2) is 41.8 Å². The first kappa shape index (κ1) is 33.8. The average molecular weight is 536 g/mol. The van der Waals surface area contributed by atoms with Crippen LogP contribution >= 0.6 is 0 Å². The van der Waals surface area contributed by atoms with Crippen molar-refractivity contribution >= 4 is 22.9 Å². The number of nitrogens with zero attached hydrogens (tertiary/aromatic N) is 5. The van der Waals surface area contributed by atoms with Gasteiger partial charge in [-0.25, -0.2) is 9.50 Å². The van der Waals surface area contributed by atoms with Crippen molar-refractivity contribution in [3.05, 3.63) is 48.1 Å². The predicted octanol–water partition coefficient (Wildman–Crippen LogP) is 8.68. The highest BCUT2D eigenvalue weighted by Crippen LogP contribution is 2.31. The third-order valence-corrected chi connectivity index (χ3v) is 5.92. The van der Waals surface area contributed by atoms with E-state index in [4.69, 9.17) is 15.8 Å². The molecule has 3 N–H and O–H groups in total. The average Bonchev–Trinajstić information content (AvgIpc) is 3.22. The Hall–Kier alpha value is -3.22. The van der Waals surface area contributed by atoms with Crippen LogP contribution in [0.4, 0.5) is 11.6 Å². The third-order valence-electron chi connectivity index (χ3n) is 5.92. The standard InChI is InChI=1S/C23H30N6.C4H10.C3H7N.C2H6/c1-14(2)25-19-10-11-20(26-17(19)5)22-16(4)13-29-21(22)12-24-23(28-29)27-18-8-6-15(3)7-9-18;1-4(2)3;1-2-3-4;1-2/h10-13,15,18H,6-9H2,1-5H3,(H,27,28);4H,1-3H3;2-3H,4H2,1H3;1-2H3/b;;3-2-;. The number of aryl methyl sites for hydroxylation is 2. The lowest BCUT2D eigenvalue weighted by atomic mass is 9.87. The molecule has 0 aliphatic heterocycles. The number of hydrogen-bond acceptors (Lipinski definition) is 6. The van der Waals surface area contributed by atoms with E-state index in [0.717, 1.165) is 51.3 Å². The van der Waals surface area contributed by atoms with Gasteiger partial charge >= 0.3 is 0 Å². The van der Waals surface area contributed by atoms with Crippen LogP contribution in [0, 0.1) is 25.7 Å². The predicted molar refractivity (Wildman–Crippen MR) is 170 cm³/mol. The molecule has 216 valence electrons. The lowest BCUT2D eigenvalue weighted by Crippen LogP contribution is -2.26. The second kappa shape index (κ2) is 17.4. The van der Waals surface area contributed by atoms with Gasteiger partial charge in [-0.05, 0) is 96.0 Å². The molecule has 0 saturated heterocycles. The first-order valence-electron chi connectivity index (χ1n) is 14.5. The minimum atomic E-state index is 0.471. The molecule has 0 radical (unpaired) electrons. The summed E-state index contributed by atoms with van der Waals surface area (Å²) in [5, 5.41) is 8.24. The molecule has 0 atom stereocenters. The van der Waals surface area contributed by atoms with Crippen LogP contribution in [0.5, 0.6) is 0 Å². The van der Waals surface area contributed by atoms with Gasteiger partial charge in [-0.1, -0.05) is 47.6 Å². The van der Waals surface area contributed by atoms with Crippen LogP contribution in [0.25, 0.3) is 16.8 Å². The summed E-state index contributed by atoms with van der Waals surface area (Å²) < 4.78 is 1.92. The summed E-state index contributed by atoms with van der Waals surface area (Å²) in [4.78, 5) is 14.0. The molecule has 0 unspecified atom stereocenters. The van der Waals surface area contributed by atoms with Gasteiger partial charge in [0.05, 0.1) is 28.8 Å². The molecular weight excluding hydrogens is 482 g/mol. The molecule has 1 fully saturated rings. The molecule has 0 amide bonds. The number of aromatic nitrogens is 4. The van der Waals surface area contributed by atoms with Crippen LogP contribution in [0.1, 0.15) is 99.3 Å². The molecule has 1 aliphatic rings. The first-order valence-corrected chi connectivity index (χ1v) is 14.5. The normalized spacial score (nSPS) is 16.4. The van der Waals surface area contributed by atoms with Crippen molar-refractivity contribution in [3.63, 3.8) is 0 Å². The smallest absolute Gasteiger partial charge is 0.241 e. The summed E-state index contributed by atoms with van der Waals surface area (Å²) in [6, 6.07) is 4.54. The molecule has 3 aromatic rings. The molecule has 1 aliphatic carbocycles. The van der Waals surface area contributed by atoms with Crippen molar-refractivity contribution in [1.29, 1.82) is 0 Å². The van der Waals surface area contributed by atoms with Crippen molar-refractivity contribution in [1.82, 2.24) is 19.6 Å². The van der Waals surface area contributed by atoms with Gasteiger partial charge in [0.2, 0.25) is 5.95 Å². The SMILES string of the molecule is C/C=C\N.CC.CC(C)=Nc1ccc(-c2c(C)cn3nc(NC4CCC(C)CC4)ncc23)nc1C.CC(C)C. The third kappa shape index (κ3) is 11.2. The number of fused-ring (bicyclic) bond motifs is 1. The van der Waals surface area contributed by atoms with Crippen LogP contribution in [0.2, 0.25) is 0 Å². The van der Waals surface area contributed by atoms with E-state index in [2.05, 4.69) is 56.1 Å². The minimum Gasteiger partial charge on any atom is -0.405 e. The molecule has 39 heavy (non-hydrogen) atoms. The highest BCUT2D eigenvalue weighted by atomic mass is 15.3. The van der Waals surface area contributed by atoms with Gasteiger partial charge in [-0.3, -0.25) is 9.98 Å². The zero-order chi connectivity index (χ0) is 29.5. The van der Waals surface area contributed by atoms with E-state index in [0.29, 0.717) is 12.0 Å². The second-order valence-corrected chi connectivity index (χ2v) is 10.8. The van der Waals surface area contributed by atoms with Gasteiger partial charge < -0.3 is 11.1 Å². The zero-order valence-electron chi connectivity index (χ0n) is 26.3. The van der Waals surface area contributed by atoms with Gasteiger partial charge in [0, 0.05) is 23.5 Å². The van der Waals surface area contributed by atoms with E-state index in [1.807, 2.05) is 64.4 Å². The summed E-state index contributed by atoms with van der Waals surface area (Å²) in [6.45, 7) is 22.8. The van der Waals surface area contributed by atoms with E-state index in [1.54, 1.807) is 6.08 Å². The number of allylic oxidation sites excluding steroid dienone is 1. The molecule has 1 saturated carbocycles. The largest absolute Gasteiger partial charge is 0.405 e. The number of nitrogens with two attached hydrogens (primary N) is 1. The maximum Gasteiger partial charge on any atom is 0.241 e. The van der Waals surface area contributed by atoms with Gasteiger partial charge in [0.15, 0.2) is 0 Å². The van der Waals surface area contributed by atoms with E-state index < -0.39 is 0 Å². The van der Waals surface area contributed by atoms with Crippen molar-refractivity contribution in [2.24, 2.45) is 22.6 Å². The number of anilines is 1. The Morgan fingerprint density at radius 3 is 2.21 bits per heavy atom. The fourth-order valence-corrected chi connectivity index (χ4v) is 4.13. The molecule has 4 rings (SSSR count). The molecule has 0 spiro atoms. The van der Waals surface area contributed by atoms with Gasteiger partial charge in [-0.2, -0.15) is 0 Å². The monoisotopic (exact) mass is 535 g/mol. The van der Waals surface area contributed by atoms with Crippen molar-refractivity contribution < 1.29 is 0 Å². The summed E-state index contributed by atoms with van der Waals surface area (Å²) in [7, 11) is 0. The number of hydrogen-bond donors (Lipinski definition) is 2. The Bertz CT molecular complexity index is 1170. The lowest BCUT2D eigenvalue weighted by Gasteiger charge is -2.26. The highest BCUT2D eigenvalue weighted by molar-refractivity contribution is 5.84. The lowest BCUT2D eigenvalue weighted by molar-refractivity contribution is 0.360. The number of pyridine rings is 1. The Morgan fingerprint density at radius 2 is 1.69 bits per heavy atom. The number of aliphatic imine (C=N–C) groups is 1. The second-order valence-electron chi connectivity index (χ2n) is 10.8. The van der Waals surface area contributed by atoms with Crippen LogP contribution in [0.3, 0.4) is 0 Å². The first-order chi connectivity index (χ1) is 18.5. The Morgan fingerprint density at radius 1 is 1.10 bits per heavy atom. The maximum absolute atomic E-state index is 4.85. The fraction of sp³-hybridized carbons (Fsp3) is 0.562. The van der Waals surface area contributed by atoms with Gasteiger partial charge in [0.1, 0.15) is 0 Å². The van der Waals surface area contributed by atoms with Crippen molar-refractivity contribution in [2.75, 3.05) is 5.32 Å². The Labute approximate surface area is 237 Å². The minimum absolute atomic E-state index is 0.471. The van der Waals surface area contributed by atoms with Gasteiger partial charge in [-0.15, -0.1) is 5.10 Å². The molecule has 7 nitrogen and oxygen atoms in total. The Balaban J connectivity index is 0.000000663. The van der Waals surface area contributed by atoms with E-state index in [-0.39, 0.29) is 0 Å². The summed E-state index contributed by atoms with van der Waals surface area (Å²) in [5.74, 6) is 2.37. The highest BCUT2D eigenvalue weighted by Gasteiger charge is 2.19. The molecule has 3 aromatic heterocycles. The topological polar surface area (TPSA) is 93.5 Å². The zero-order valence-corrected chi connectivity index (χ0v) is 26.3. The van der Waals surface area contributed by atoms with E-state index >= 15 is 0 Å². The Kier molecular flexibility index (Phi) is 15.1. The number of rotatable bonds is 4. The van der Waals surface area contributed by atoms with E-state index in [9.17, 15) is 0 Å². The molecule has 0 aromatic carbocycles. The molecule has 7 heteroatoms. The fourth-order valence-electron chi connectivity index (χ4n) is 4.13. The summed E-state index contributed by atoms with van der Waals surface area (Å²) in [6.07, 6.45) is 12.2.